The van der Waals surface area contributed by atoms with Crippen LogP contribution in [0.5, 0.6) is 0 Å². The van der Waals surface area contributed by atoms with Gasteiger partial charge < -0.3 is 15.0 Å². The first-order valence-electron chi connectivity index (χ1n) is 10.9. The largest absolute Gasteiger partial charge is 0.339 e. The summed E-state index contributed by atoms with van der Waals surface area (Å²) in [5.41, 5.74) is -0.345. The Bertz CT molecular complexity index is 682. The van der Waals surface area contributed by atoms with Gasteiger partial charge in [-0.2, -0.15) is 0 Å². The van der Waals surface area contributed by atoms with Gasteiger partial charge in [0.25, 0.3) is 5.91 Å². The van der Waals surface area contributed by atoms with Crippen molar-refractivity contribution in [2.75, 3.05) is 0 Å². The fourth-order valence-corrected chi connectivity index (χ4v) is 5.55. The third-order valence-electron chi connectivity index (χ3n) is 6.16. The number of rotatable bonds is 6. The molecule has 156 valence electrons. The average molecular weight is 387 g/mol. The van der Waals surface area contributed by atoms with Crippen molar-refractivity contribution in [2.45, 2.75) is 109 Å². The zero-order valence-corrected chi connectivity index (χ0v) is 18.6. The third kappa shape index (κ3) is 4.28. The van der Waals surface area contributed by atoms with Gasteiger partial charge in [0.05, 0.1) is 0 Å². The summed E-state index contributed by atoms with van der Waals surface area (Å²) in [5, 5.41) is 3.74. The maximum atomic E-state index is 13.7. The van der Waals surface area contributed by atoms with Crippen LogP contribution in [-0.4, -0.2) is 33.2 Å². The van der Waals surface area contributed by atoms with Crippen molar-refractivity contribution in [1.82, 2.24) is 10.2 Å². The number of piperidine rings is 1. The molecule has 2 aliphatic heterocycles. The molecular weight excluding hydrogens is 348 g/mol. The number of hydrogen-bond donors (Lipinski definition) is 1. The molecule has 1 N–H and O–H groups in total. The fourth-order valence-electron chi connectivity index (χ4n) is 5.55. The standard InChI is InChI=1S/C24H38N2O2/c1-7-8-12-15-23(6)20(27)26(16-19-13-10-9-11-14-19)24(28-23)17-21(2,3)25-22(4,5)18-24/h9-11,13-14,25H,7-8,12,15-18H2,1-6H3. The highest BCUT2D eigenvalue weighted by atomic mass is 16.6. The van der Waals surface area contributed by atoms with E-state index in [1.54, 1.807) is 0 Å². The van der Waals surface area contributed by atoms with Crippen LogP contribution in [0, 0.1) is 0 Å². The molecule has 0 aliphatic carbocycles. The predicted molar refractivity (Wildman–Crippen MR) is 114 cm³/mol. The highest BCUT2D eigenvalue weighted by Gasteiger charge is 2.62. The summed E-state index contributed by atoms with van der Waals surface area (Å²) in [6.07, 6.45) is 5.69. The van der Waals surface area contributed by atoms with Crippen LogP contribution in [0.1, 0.15) is 85.6 Å². The molecule has 0 bridgehead atoms. The van der Waals surface area contributed by atoms with Crippen LogP contribution < -0.4 is 5.32 Å². The van der Waals surface area contributed by atoms with Gasteiger partial charge in [-0.15, -0.1) is 0 Å². The van der Waals surface area contributed by atoms with E-state index in [0.29, 0.717) is 6.54 Å². The molecular formula is C24H38N2O2. The lowest BCUT2D eigenvalue weighted by molar-refractivity contribution is -0.184. The average Bonchev–Trinajstić information content (AvgIpc) is 2.74. The van der Waals surface area contributed by atoms with Gasteiger partial charge in [-0.3, -0.25) is 4.79 Å². The zero-order valence-electron chi connectivity index (χ0n) is 18.6. The number of carbonyl (C=O) groups is 1. The maximum absolute atomic E-state index is 13.7. The molecule has 1 unspecified atom stereocenters. The minimum atomic E-state index is -0.729. The molecule has 4 nitrogen and oxygen atoms in total. The van der Waals surface area contributed by atoms with Crippen LogP contribution in [0.15, 0.2) is 30.3 Å². The predicted octanol–water partition coefficient (Wildman–Crippen LogP) is 5.02. The van der Waals surface area contributed by atoms with Crippen molar-refractivity contribution in [1.29, 1.82) is 0 Å². The van der Waals surface area contributed by atoms with E-state index in [9.17, 15) is 4.79 Å². The molecule has 1 aromatic carbocycles. The Morgan fingerprint density at radius 1 is 1.00 bits per heavy atom. The monoisotopic (exact) mass is 386 g/mol. The maximum Gasteiger partial charge on any atom is 0.257 e. The molecule has 1 spiro atoms. The Morgan fingerprint density at radius 2 is 1.61 bits per heavy atom. The number of benzene rings is 1. The number of nitrogens with zero attached hydrogens (tertiary/aromatic N) is 1. The van der Waals surface area contributed by atoms with Gasteiger partial charge in [0.15, 0.2) is 0 Å². The van der Waals surface area contributed by atoms with Crippen LogP contribution >= 0.6 is 0 Å². The molecule has 2 fully saturated rings. The lowest BCUT2D eigenvalue weighted by atomic mass is 9.76. The molecule has 2 heterocycles. The minimum absolute atomic E-state index is 0.106. The lowest BCUT2D eigenvalue weighted by Crippen LogP contribution is -2.67. The van der Waals surface area contributed by atoms with E-state index in [1.807, 2.05) is 25.1 Å². The topological polar surface area (TPSA) is 41.6 Å². The van der Waals surface area contributed by atoms with E-state index >= 15 is 0 Å². The minimum Gasteiger partial charge on any atom is -0.339 e. The second kappa shape index (κ2) is 7.46. The Hall–Kier alpha value is -1.39. The van der Waals surface area contributed by atoms with Crippen LogP contribution in [0.4, 0.5) is 0 Å². The van der Waals surface area contributed by atoms with Crippen molar-refractivity contribution < 1.29 is 9.53 Å². The van der Waals surface area contributed by atoms with E-state index in [-0.39, 0.29) is 17.0 Å². The summed E-state index contributed by atoms with van der Waals surface area (Å²) in [7, 11) is 0. The first-order valence-corrected chi connectivity index (χ1v) is 10.9. The molecule has 28 heavy (non-hydrogen) atoms. The highest BCUT2D eigenvalue weighted by molar-refractivity contribution is 5.87. The van der Waals surface area contributed by atoms with Crippen molar-refractivity contribution in [3.05, 3.63) is 35.9 Å². The summed E-state index contributed by atoms with van der Waals surface area (Å²) in [6.45, 7) is 13.7. The van der Waals surface area contributed by atoms with E-state index < -0.39 is 11.3 Å². The number of amides is 1. The van der Waals surface area contributed by atoms with E-state index in [1.165, 1.54) is 0 Å². The summed E-state index contributed by atoms with van der Waals surface area (Å²) in [5.74, 6) is 0.154. The Balaban J connectivity index is 1.97. The lowest BCUT2D eigenvalue weighted by Gasteiger charge is -2.53. The van der Waals surface area contributed by atoms with Crippen LogP contribution in [0.2, 0.25) is 0 Å². The Labute approximate surface area is 171 Å². The van der Waals surface area contributed by atoms with Gasteiger partial charge in [-0.05, 0) is 46.6 Å². The van der Waals surface area contributed by atoms with Crippen LogP contribution in [0.3, 0.4) is 0 Å². The van der Waals surface area contributed by atoms with E-state index in [4.69, 9.17) is 4.74 Å². The van der Waals surface area contributed by atoms with E-state index in [0.717, 1.165) is 44.1 Å². The van der Waals surface area contributed by atoms with Gasteiger partial charge in [-0.1, -0.05) is 56.5 Å². The molecule has 0 aromatic heterocycles. The molecule has 4 heteroatoms. The smallest absolute Gasteiger partial charge is 0.257 e. The molecule has 1 aromatic rings. The number of unbranched alkanes of at least 4 members (excludes halogenated alkanes) is 2. The summed E-state index contributed by atoms with van der Waals surface area (Å²) in [6, 6.07) is 10.3. The number of ether oxygens (including phenoxy) is 1. The van der Waals surface area contributed by atoms with E-state index in [2.05, 4.69) is 57.0 Å². The zero-order chi connectivity index (χ0) is 20.6. The SMILES string of the molecule is CCCCCC1(C)OC2(CC(C)(C)NC(C)(C)C2)N(Cc2ccccc2)C1=O. The van der Waals surface area contributed by atoms with Crippen molar-refractivity contribution >= 4 is 5.91 Å². The molecule has 0 saturated carbocycles. The molecule has 2 saturated heterocycles. The summed E-state index contributed by atoms with van der Waals surface area (Å²) < 4.78 is 6.83. The highest BCUT2D eigenvalue weighted by Crippen LogP contribution is 2.49. The summed E-state index contributed by atoms with van der Waals surface area (Å²) in [4.78, 5) is 15.8. The Kier molecular flexibility index (Phi) is 5.68. The van der Waals surface area contributed by atoms with Gasteiger partial charge in [0, 0.05) is 30.5 Å². The van der Waals surface area contributed by atoms with Crippen molar-refractivity contribution in [3.63, 3.8) is 0 Å². The third-order valence-corrected chi connectivity index (χ3v) is 6.16. The van der Waals surface area contributed by atoms with Crippen LogP contribution in [-0.2, 0) is 16.1 Å². The van der Waals surface area contributed by atoms with Gasteiger partial charge in [0.2, 0.25) is 0 Å². The Morgan fingerprint density at radius 3 is 2.18 bits per heavy atom. The second-order valence-electron chi connectivity index (χ2n) is 10.4. The molecule has 1 amide bonds. The molecule has 0 radical (unpaired) electrons. The number of nitrogens with one attached hydrogen (secondary N) is 1. The molecule has 3 rings (SSSR count). The van der Waals surface area contributed by atoms with Gasteiger partial charge >= 0.3 is 0 Å². The first-order chi connectivity index (χ1) is 13.0. The number of carbonyl (C=O) groups excluding carboxylic acids is 1. The first kappa shape index (κ1) is 21.3. The molecule has 1 atom stereocenters. The van der Waals surface area contributed by atoms with Crippen molar-refractivity contribution in [2.24, 2.45) is 0 Å². The fraction of sp³-hybridized carbons (Fsp3) is 0.708. The van der Waals surface area contributed by atoms with Crippen molar-refractivity contribution in [3.8, 4) is 0 Å². The summed E-state index contributed by atoms with van der Waals surface area (Å²) >= 11 is 0. The normalized spacial score (nSPS) is 28.1. The van der Waals surface area contributed by atoms with Crippen LogP contribution in [0.25, 0.3) is 0 Å². The second-order valence-corrected chi connectivity index (χ2v) is 10.4. The van der Waals surface area contributed by atoms with Gasteiger partial charge in [0.1, 0.15) is 11.3 Å². The number of hydrogen-bond acceptors (Lipinski definition) is 3. The quantitative estimate of drug-likeness (QED) is 0.698. The molecule has 2 aliphatic rings. The van der Waals surface area contributed by atoms with Gasteiger partial charge in [-0.25, -0.2) is 0 Å².